The Balaban J connectivity index is 2.69. The van der Waals surface area contributed by atoms with E-state index in [1.165, 1.54) is 23.4 Å². The summed E-state index contributed by atoms with van der Waals surface area (Å²) in [5.41, 5.74) is 0.0117. The van der Waals surface area contributed by atoms with Crippen molar-refractivity contribution in [2.75, 3.05) is 13.6 Å². The molecule has 104 valence electrons. The van der Waals surface area contributed by atoms with Gasteiger partial charge in [-0.25, -0.2) is 0 Å². The van der Waals surface area contributed by atoms with Crippen LogP contribution in [0.1, 0.15) is 31.1 Å². The molecule has 19 heavy (non-hydrogen) atoms. The molecule has 2 amide bonds. The van der Waals surface area contributed by atoms with Gasteiger partial charge in [0.05, 0.1) is 17.1 Å². The van der Waals surface area contributed by atoms with E-state index in [1.807, 2.05) is 20.8 Å². The van der Waals surface area contributed by atoms with Crippen molar-refractivity contribution in [1.82, 2.24) is 15.2 Å². The first kappa shape index (κ1) is 15.4. The van der Waals surface area contributed by atoms with Crippen LogP contribution in [0.25, 0.3) is 0 Å². The summed E-state index contributed by atoms with van der Waals surface area (Å²) in [5, 5.41) is 3.07. The second-order valence-electron chi connectivity index (χ2n) is 5.31. The van der Waals surface area contributed by atoms with Gasteiger partial charge in [0.15, 0.2) is 0 Å². The van der Waals surface area contributed by atoms with E-state index in [0.29, 0.717) is 5.56 Å². The summed E-state index contributed by atoms with van der Waals surface area (Å²) in [6, 6.07) is 1.53. The number of carbonyl (C=O) groups is 2. The van der Waals surface area contributed by atoms with Crippen LogP contribution in [-0.4, -0.2) is 40.8 Å². The van der Waals surface area contributed by atoms with Gasteiger partial charge in [-0.3, -0.25) is 14.6 Å². The van der Waals surface area contributed by atoms with E-state index in [4.69, 9.17) is 11.6 Å². The Morgan fingerprint density at radius 2 is 2.05 bits per heavy atom. The van der Waals surface area contributed by atoms with E-state index in [2.05, 4.69) is 10.3 Å². The number of pyridine rings is 1. The number of halogens is 1. The number of hydrogen-bond donors (Lipinski definition) is 1. The minimum atomic E-state index is -0.324. The predicted octanol–water partition coefficient (Wildman–Crippen LogP) is 1.72. The van der Waals surface area contributed by atoms with E-state index in [1.54, 1.807) is 7.05 Å². The number of nitrogens with one attached hydrogen (secondary N) is 1. The molecule has 5 nitrogen and oxygen atoms in total. The molecule has 0 bridgehead atoms. The summed E-state index contributed by atoms with van der Waals surface area (Å²) < 4.78 is 0. The van der Waals surface area contributed by atoms with Gasteiger partial charge in [0.1, 0.15) is 0 Å². The second kappa shape index (κ2) is 6.02. The molecule has 6 heteroatoms. The minimum absolute atomic E-state index is 0.0191. The summed E-state index contributed by atoms with van der Waals surface area (Å²) in [7, 11) is 1.56. The Labute approximate surface area is 118 Å². The normalized spacial score (nSPS) is 11.0. The van der Waals surface area contributed by atoms with Crippen LogP contribution in [0.5, 0.6) is 0 Å². The standard InChI is InChI=1S/C13H18ClN3O2/c1-13(2,3)16-11(18)8-17(4)12(19)9-5-6-15-7-10(9)14/h5-7H,8H2,1-4H3,(H,16,18). The summed E-state index contributed by atoms with van der Waals surface area (Å²) >= 11 is 5.90. The quantitative estimate of drug-likeness (QED) is 0.919. The molecule has 1 aromatic rings. The molecule has 0 saturated carbocycles. The Morgan fingerprint density at radius 3 is 2.58 bits per heavy atom. The number of hydrogen-bond acceptors (Lipinski definition) is 3. The van der Waals surface area contributed by atoms with E-state index < -0.39 is 0 Å². The van der Waals surface area contributed by atoms with E-state index in [0.717, 1.165) is 0 Å². The highest BCUT2D eigenvalue weighted by molar-refractivity contribution is 6.33. The van der Waals surface area contributed by atoms with Crippen LogP contribution in [0, 0.1) is 0 Å². The van der Waals surface area contributed by atoms with Gasteiger partial charge in [-0.1, -0.05) is 11.6 Å². The zero-order valence-electron chi connectivity index (χ0n) is 11.5. The number of carbonyl (C=O) groups excluding carboxylic acids is 2. The molecule has 0 spiro atoms. The molecule has 1 N–H and O–H groups in total. The Hall–Kier alpha value is -1.62. The molecule has 1 rings (SSSR count). The Bertz CT molecular complexity index is 483. The first-order valence-corrected chi connectivity index (χ1v) is 6.24. The molecular formula is C13H18ClN3O2. The summed E-state index contributed by atoms with van der Waals surface area (Å²) in [4.78, 5) is 29.0. The van der Waals surface area contributed by atoms with Crippen LogP contribution in [-0.2, 0) is 4.79 Å². The molecule has 0 atom stereocenters. The van der Waals surface area contributed by atoms with Crippen molar-refractivity contribution < 1.29 is 9.59 Å². The van der Waals surface area contributed by atoms with Gasteiger partial charge >= 0.3 is 0 Å². The lowest BCUT2D eigenvalue weighted by Gasteiger charge is -2.23. The maximum absolute atomic E-state index is 12.1. The number of rotatable bonds is 3. The van der Waals surface area contributed by atoms with Gasteiger partial charge in [0.2, 0.25) is 5.91 Å². The zero-order chi connectivity index (χ0) is 14.6. The van der Waals surface area contributed by atoms with Crippen LogP contribution in [0.3, 0.4) is 0 Å². The molecule has 0 aliphatic carbocycles. The van der Waals surface area contributed by atoms with Crippen LogP contribution >= 0.6 is 11.6 Å². The van der Waals surface area contributed by atoms with Gasteiger partial charge in [-0.2, -0.15) is 0 Å². The van der Waals surface area contributed by atoms with Crippen LogP contribution in [0.4, 0.5) is 0 Å². The van der Waals surface area contributed by atoms with Crippen LogP contribution in [0.15, 0.2) is 18.5 Å². The van der Waals surface area contributed by atoms with Crippen molar-refractivity contribution in [2.24, 2.45) is 0 Å². The van der Waals surface area contributed by atoms with Crippen molar-refractivity contribution >= 4 is 23.4 Å². The lowest BCUT2D eigenvalue weighted by molar-refractivity contribution is -0.122. The lowest BCUT2D eigenvalue weighted by Crippen LogP contribution is -2.46. The third kappa shape index (κ3) is 4.87. The Kier molecular flexibility index (Phi) is 4.89. The first-order valence-electron chi connectivity index (χ1n) is 5.86. The van der Waals surface area contributed by atoms with Crippen molar-refractivity contribution in [3.05, 3.63) is 29.0 Å². The fraction of sp³-hybridized carbons (Fsp3) is 0.462. The first-order chi connectivity index (χ1) is 8.70. The maximum atomic E-state index is 12.1. The van der Waals surface area contributed by atoms with Gasteiger partial charge in [0, 0.05) is 25.0 Å². The van der Waals surface area contributed by atoms with E-state index >= 15 is 0 Å². The summed E-state index contributed by atoms with van der Waals surface area (Å²) in [5.74, 6) is -0.523. The van der Waals surface area contributed by atoms with Gasteiger partial charge < -0.3 is 10.2 Å². The SMILES string of the molecule is CN(CC(=O)NC(C)(C)C)C(=O)c1ccncc1Cl. The molecule has 0 aliphatic heterocycles. The van der Waals surface area contributed by atoms with Crippen molar-refractivity contribution in [3.8, 4) is 0 Å². The van der Waals surface area contributed by atoms with Crippen LogP contribution in [0.2, 0.25) is 5.02 Å². The highest BCUT2D eigenvalue weighted by atomic mass is 35.5. The van der Waals surface area contributed by atoms with E-state index in [-0.39, 0.29) is 28.9 Å². The number of aromatic nitrogens is 1. The fourth-order valence-corrected chi connectivity index (χ4v) is 1.70. The van der Waals surface area contributed by atoms with Crippen molar-refractivity contribution in [3.63, 3.8) is 0 Å². The topological polar surface area (TPSA) is 62.3 Å². The van der Waals surface area contributed by atoms with Crippen molar-refractivity contribution in [1.29, 1.82) is 0 Å². The number of likely N-dealkylation sites (N-methyl/N-ethyl adjacent to an activating group) is 1. The highest BCUT2D eigenvalue weighted by Crippen LogP contribution is 2.15. The van der Waals surface area contributed by atoms with Gasteiger partial charge in [-0.15, -0.1) is 0 Å². The third-order valence-electron chi connectivity index (χ3n) is 2.24. The molecule has 0 saturated heterocycles. The zero-order valence-corrected chi connectivity index (χ0v) is 12.3. The second-order valence-corrected chi connectivity index (χ2v) is 5.72. The largest absolute Gasteiger partial charge is 0.350 e. The molecule has 0 aliphatic rings. The highest BCUT2D eigenvalue weighted by Gasteiger charge is 2.20. The number of amides is 2. The average molecular weight is 284 g/mol. The van der Waals surface area contributed by atoms with Crippen LogP contribution < -0.4 is 5.32 Å². The molecular weight excluding hydrogens is 266 g/mol. The number of nitrogens with zero attached hydrogens (tertiary/aromatic N) is 2. The maximum Gasteiger partial charge on any atom is 0.255 e. The Morgan fingerprint density at radius 1 is 1.42 bits per heavy atom. The smallest absolute Gasteiger partial charge is 0.255 e. The molecule has 0 aromatic carbocycles. The monoisotopic (exact) mass is 283 g/mol. The molecule has 1 aromatic heterocycles. The molecule has 0 radical (unpaired) electrons. The van der Waals surface area contributed by atoms with E-state index in [9.17, 15) is 9.59 Å². The predicted molar refractivity (Wildman–Crippen MR) is 74.1 cm³/mol. The lowest BCUT2D eigenvalue weighted by atomic mass is 10.1. The van der Waals surface area contributed by atoms with Crippen molar-refractivity contribution in [2.45, 2.75) is 26.3 Å². The van der Waals surface area contributed by atoms with Gasteiger partial charge in [0.25, 0.3) is 5.91 Å². The minimum Gasteiger partial charge on any atom is -0.350 e. The average Bonchev–Trinajstić information content (AvgIpc) is 2.26. The molecule has 1 heterocycles. The fourth-order valence-electron chi connectivity index (χ4n) is 1.50. The summed E-state index contributed by atoms with van der Waals surface area (Å²) in [6.45, 7) is 5.63. The molecule has 0 unspecified atom stereocenters. The van der Waals surface area contributed by atoms with Gasteiger partial charge in [-0.05, 0) is 26.8 Å². The third-order valence-corrected chi connectivity index (χ3v) is 2.55. The molecule has 0 fully saturated rings. The summed E-state index contributed by atoms with van der Waals surface area (Å²) in [6.07, 6.45) is 2.89.